The van der Waals surface area contributed by atoms with Crippen molar-refractivity contribution in [2.45, 2.75) is 37.8 Å². The molecule has 0 heterocycles. The Bertz CT molecular complexity index is 554. The topological polar surface area (TPSA) is 61.4 Å². The Morgan fingerprint density at radius 1 is 1.19 bits per heavy atom. The van der Waals surface area contributed by atoms with Crippen LogP contribution >= 0.6 is 0 Å². The van der Waals surface area contributed by atoms with Crippen molar-refractivity contribution in [3.05, 3.63) is 29.8 Å². The molecule has 0 saturated carbocycles. The van der Waals surface area contributed by atoms with E-state index in [1.165, 1.54) is 0 Å². The van der Waals surface area contributed by atoms with E-state index < -0.39 is 10.0 Å². The van der Waals surface area contributed by atoms with Crippen LogP contribution in [0.25, 0.3) is 0 Å². The van der Waals surface area contributed by atoms with E-state index in [2.05, 4.69) is 10.0 Å². The summed E-state index contributed by atoms with van der Waals surface area (Å²) in [5.41, 5.74) is 0.540. The van der Waals surface area contributed by atoms with Gasteiger partial charge in [-0.25, -0.2) is 13.1 Å². The van der Waals surface area contributed by atoms with Crippen molar-refractivity contribution in [3.63, 3.8) is 0 Å². The van der Waals surface area contributed by atoms with Crippen molar-refractivity contribution in [1.82, 2.24) is 14.9 Å². The number of benzene rings is 1. The zero-order chi connectivity index (χ0) is 16.1. The Balaban J connectivity index is 2.93. The molecule has 0 spiro atoms. The Morgan fingerprint density at radius 3 is 2.38 bits per heavy atom. The Kier molecular flexibility index (Phi) is 6.34. The Morgan fingerprint density at radius 2 is 1.81 bits per heavy atom. The van der Waals surface area contributed by atoms with Gasteiger partial charge < -0.3 is 10.2 Å². The van der Waals surface area contributed by atoms with E-state index >= 15 is 0 Å². The average molecular weight is 313 g/mol. The predicted molar refractivity (Wildman–Crippen MR) is 86.8 cm³/mol. The molecule has 0 saturated heterocycles. The highest BCUT2D eigenvalue weighted by Crippen LogP contribution is 2.16. The van der Waals surface area contributed by atoms with E-state index in [4.69, 9.17) is 0 Å². The molecule has 21 heavy (non-hydrogen) atoms. The second-order valence-corrected chi connectivity index (χ2v) is 7.65. The molecule has 0 unspecified atom stereocenters. The lowest BCUT2D eigenvalue weighted by atomic mass is 10.1. The van der Waals surface area contributed by atoms with Crippen molar-refractivity contribution in [3.8, 4) is 0 Å². The number of hydrogen-bond donors (Lipinski definition) is 2. The van der Waals surface area contributed by atoms with Crippen LogP contribution < -0.4 is 10.0 Å². The molecule has 0 radical (unpaired) electrons. The zero-order valence-electron chi connectivity index (χ0n) is 13.6. The highest BCUT2D eigenvalue weighted by Gasteiger charge is 2.25. The maximum absolute atomic E-state index is 12.5. The van der Waals surface area contributed by atoms with Gasteiger partial charge in [0, 0.05) is 18.6 Å². The Hall–Kier alpha value is -0.950. The van der Waals surface area contributed by atoms with Gasteiger partial charge in [-0.15, -0.1) is 0 Å². The highest BCUT2D eigenvalue weighted by molar-refractivity contribution is 7.89. The van der Waals surface area contributed by atoms with Gasteiger partial charge in [0.1, 0.15) is 0 Å². The summed E-state index contributed by atoms with van der Waals surface area (Å²) in [5.74, 6) is 0. The highest BCUT2D eigenvalue weighted by atomic mass is 32.2. The molecule has 0 aromatic heterocycles. The lowest BCUT2D eigenvalue weighted by Gasteiger charge is -2.32. The molecule has 5 nitrogen and oxygen atoms in total. The van der Waals surface area contributed by atoms with Gasteiger partial charge in [-0.1, -0.05) is 25.1 Å². The molecule has 6 heteroatoms. The standard InChI is InChI=1S/C15H27N3O2S/c1-6-16-11-13-9-7-8-10-14(13)21(19,20)17-12-15(2,3)18(4)5/h7-10,16-17H,6,11-12H2,1-5H3. The van der Waals surface area contributed by atoms with E-state index in [0.717, 1.165) is 12.1 Å². The first-order valence-electron chi connectivity index (χ1n) is 7.16. The average Bonchev–Trinajstić information content (AvgIpc) is 2.43. The minimum Gasteiger partial charge on any atom is -0.313 e. The number of nitrogens with one attached hydrogen (secondary N) is 2. The van der Waals surface area contributed by atoms with Gasteiger partial charge in [0.25, 0.3) is 0 Å². The lowest BCUT2D eigenvalue weighted by molar-refractivity contribution is 0.199. The van der Waals surface area contributed by atoms with Crippen LogP contribution in [-0.4, -0.2) is 46.0 Å². The van der Waals surface area contributed by atoms with Crippen molar-refractivity contribution >= 4 is 10.0 Å². The smallest absolute Gasteiger partial charge is 0.240 e. The van der Waals surface area contributed by atoms with Crippen LogP contribution in [-0.2, 0) is 16.6 Å². The third-order valence-electron chi connectivity index (χ3n) is 3.73. The van der Waals surface area contributed by atoms with Crippen LogP contribution in [0.15, 0.2) is 29.2 Å². The summed E-state index contributed by atoms with van der Waals surface area (Å²) in [5, 5.41) is 3.17. The lowest BCUT2D eigenvalue weighted by Crippen LogP contribution is -2.48. The molecular formula is C15H27N3O2S. The maximum Gasteiger partial charge on any atom is 0.240 e. The van der Waals surface area contributed by atoms with Gasteiger partial charge in [0.15, 0.2) is 0 Å². The van der Waals surface area contributed by atoms with E-state index in [-0.39, 0.29) is 5.54 Å². The van der Waals surface area contributed by atoms with E-state index in [9.17, 15) is 8.42 Å². The van der Waals surface area contributed by atoms with Gasteiger partial charge in [-0.05, 0) is 46.1 Å². The van der Waals surface area contributed by atoms with Crippen LogP contribution in [0.2, 0.25) is 0 Å². The molecule has 0 bridgehead atoms. The summed E-state index contributed by atoms with van der Waals surface area (Å²) in [6.07, 6.45) is 0. The summed E-state index contributed by atoms with van der Waals surface area (Å²) in [7, 11) is 0.371. The van der Waals surface area contributed by atoms with Gasteiger partial charge >= 0.3 is 0 Å². The first-order valence-corrected chi connectivity index (χ1v) is 8.65. The first-order chi connectivity index (χ1) is 9.70. The summed E-state index contributed by atoms with van der Waals surface area (Å²) in [4.78, 5) is 2.35. The molecule has 0 aliphatic heterocycles. The number of rotatable bonds is 8. The molecule has 0 atom stereocenters. The normalized spacial score (nSPS) is 12.9. The fourth-order valence-corrected chi connectivity index (χ4v) is 3.12. The molecule has 1 aromatic rings. The number of sulfonamides is 1. The number of nitrogens with zero attached hydrogens (tertiary/aromatic N) is 1. The zero-order valence-corrected chi connectivity index (χ0v) is 14.4. The van der Waals surface area contributed by atoms with Crippen molar-refractivity contribution < 1.29 is 8.42 Å². The summed E-state index contributed by atoms with van der Waals surface area (Å²) in [6.45, 7) is 7.70. The number of hydrogen-bond acceptors (Lipinski definition) is 4. The van der Waals surface area contributed by atoms with Crippen LogP contribution in [0, 0.1) is 0 Å². The van der Waals surface area contributed by atoms with Crippen molar-refractivity contribution in [1.29, 1.82) is 0 Å². The minimum absolute atomic E-state index is 0.246. The fourth-order valence-electron chi connectivity index (χ4n) is 1.68. The molecule has 0 fully saturated rings. The van der Waals surface area contributed by atoms with Gasteiger partial charge in [-0.3, -0.25) is 0 Å². The molecule has 1 aromatic carbocycles. The van der Waals surface area contributed by atoms with Gasteiger partial charge in [0.2, 0.25) is 10.0 Å². The predicted octanol–water partition coefficient (Wildman–Crippen LogP) is 1.41. The summed E-state index contributed by atoms with van der Waals surface area (Å²) in [6, 6.07) is 7.10. The van der Waals surface area contributed by atoms with Crippen LogP contribution in [0.1, 0.15) is 26.3 Å². The van der Waals surface area contributed by atoms with Crippen LogP contribution in [0.3, 0.4) is 0 Å². The van der Waals surface area contributed by atoms with E-state index in [1.54, 1.807) is 12.1 Å². The third-order valence-corrected chi connectivity index (χ3v) is 5.23. The minimum atomic E-state index is -3.50. The molecule has 2 N–H and O–H groups in total. The molecule has 0 aliphatic carbocycles. The van der Waals surface area contributed by atoms with Crippen molar-refractivity contribution in [2.24, 2.45) is 0 Å². The monoisotopic (exact) mass is 313 g/mol. The van der Waals surface area contributed by atoms with Crippen LogP contribution in [0.5, 0.6) is 0 Å². The largest absolute Gasteiger partial charge is 0.313 e. The first kappa shape index (κ1) is 18.1. The second kappa shape index (κ2) is 7.35. The van der Waals surface area contributed by atoms with E-state index in [1.807, 2.05) is 51.9 Å². The molecule has 1 rings (SSSR count). The third kappa shape index (κ3) is 5.07. The Labute approximate surface area is 128 Å². The van der Waals surface area contributed by atoms with Gasteiger partial charge in [-0.2, -0.15) is 0 Å². The SMILES string of the molecule is CCNCc1ccccc1S(=O)(=O)NCC(C)(C)N(C)C. The molecule has 0 aliphatic rings. The number of likely N-dealkylation sites (N-methyl/N-ethyl adjacent to an activating group) is 1. The van der Waals surface area contributed by atoms with Gasteiger partial charge in [0.05, 0.1) is 4.90 Å². The van der Waals surface area contributed by atoms with E-state index in [0.29, 0.717) is 18.0 Å². The second-order valence-electron chi connectivity index (χ2n) is 5.92. The fraction of sp³-hybridized carbons (Fsp3) is 0.600. The van der Waals surface area contributed by atoms with Crippen LogP contribution in [0.4, 0.5) is 0 Å². The van der Waals surface area contributed by atoms with Crippen molar-refractivity contribution in [2.75, 3.05) is 27.2 Å². The quantitative estimate of drug-likeness (QED) is 0.762. The maximum atomic E-state index is 12.5. The molecule has 0 amide bonds. The summed E-state index contributed by atoms with van der Waals surface area (Å²) < 4.78 is 27.8. The molecule has 120 valence electrons. The molecular weight excluding hydrogens is 286 g/mol. The summed E-state index contributed by atoms with van der Waals surface area (Å²) >= 11 is 0.